The Morgan fingerprint density at radius 3 is 2.45 bits per heavy atom. The summed E-state index contributed by atoms with van der Waals surface area (Å²) < 4.78 is 27.4. The molecule has 102 valence electrons. The van der Waals surface area contributed by atoms with Crippen LogP contribution in [0.5, 0.6) is 0 Å². The number of hydrogen-bond acceptors (Lipinski definition) is 2. The average molecular weight is 273 g/mol. The number of anilines is 1. The van der Waals surface area contributed by atoms with Crippen LogP contribution < -0.4 is 4.90 Å². The number of benzene rings is 2. The van der Waals surface area contributed by atoms with Gasteiger partial charge in [-0.25, -0.2) is 8.78 Å². The van der Waals surface area contributed by atoms with Crippen LogP contribution in [0.15, 0.2) is 42.5 Å². The number of hydrogen-bond donors (Lipinski definition) is 0. The van der Waals surface area contributed by atoms with E-state index < -0.39 is 11.6 Å². The number of ketones is 1. The van der Waals surface area contributed by atoms with Gasteiger partial charge in [-0.2, -0.15) is 0 Å². The number of halogens is 2. The Hall–Kier alpha value is -2.23. The third kappa shape index (κ3) is 2.18. The van der Waals surface area contributed by atoms with Crippen LogP contribution in [0.3, 0.4) is 0 Å². The number of nitrogens with zero attached hydrogens (tertiary/aromatic N) is 1. The lowest BCUT2D eigenvalue weighted by atomic mass is 9.99. The lowest BCUT2D eigenvalue weighted by molar-refractivity contribution is 0.0979. The van der Waals surface area contributed by atoms with Gasteiger partial charge in [0.1, 0.15) is 11.6 Å². The zero-order valence-corrected chi connectivity index (χ0v) is 10.8. The first kappa shape index (κ1) is 12.8. The molecular formula is C16H13F2NO. The number of rotatable bonds is 2. The highest BCUT2D eigenvalue weighted by molar-refractivity contribution is 6.03. The molecule has 2 aromatic rings. The quantitative estimate of drug-likeness (QED) is 0.834. The molecule has 2 nitrogen and oxygen atoms in total. The summed E-state index contributed by atoms with van der Waals surface area (Å²) in [6.45, 7) is 0.604. The van der Waals surface area contributed by atoms with E-state index >= 15 is 0 Å². The summed E-state index contributed by atoms with van der Waals surface area (Å²) in [4.78, 5) is 13.7. The molecule has 1 aliphatic heterocycles. The van der Waals surface area contributed by atoms with Gasteiger partial charge in [0.05, 0.1) is 0 Å². The number of Topliss-reactive ketones (excluding diaryl/α,β-unsaturated/α-hetero) is 1. The van der Waals surface area contributed by atoms with Gasteiger partial charge in [0.25, 0.3) is 0 Å². The lowest BCUT2D eigenvalue weighted by Crippen LogP contribution is -2.32. The van der Waals surface area contributed by atoms with E-state index in [1.807, 2.05) is 17.0 Å². The molecule has 0 saturated heterocycles. The fourth-order valence-electron chi connectivity index (χ4n) is 2.52. The Morgan fingerprint density at radius 1 is 1.00 bits per heavy atom. The van der Waals surface area contributed by atoms with Crippen molar-refractivity contribution >= 4 is 11.5 Å². The Balaban J connectivity index is 1.97. The number of para-hydroxylation sites is 1. The van der Waals surface area contributed by atoms with Gasteiger partial charge in [-0.1, -0.05) is 18.2 Å². The highest BCUT2D eigenvalue weighted by Gasteiger charge is 2.24. The van der Waals surface area contributed by atoms with Crippen molar-refractivity contribution in [2.24, 2.45) is 0 Å². The van der Waals surface area contributed by atoms with E-state index in [0.717, 1.165) is 5.69 Å². The summed E-state index contributed by atoms with van der Waals surface area (Å²) >= 11 is 0. The zero-order valence-electron chi connectivity index (χ0n) is 10.8. The predicted octanol–water partition coefficient (Wildman–Crippen LogP) is 3.56. The minimum Gasteiger partial charge on any atom is -0.366 e. The van der Waals surface area contributed by atoms with Crippen molar-refractivity contribution in [1.82, 2.24) is 0 Å². The highest BCUT2D eigenvalue weighted by atomic mass is 19.1. The Kier molecular flexibility index (Phi) is 3.22. The second-order valence-corrected chi connectivity index (χ2v) is 4.81. The molecule has 3 rings (SSSR count). The van der Waals surface area contributed by atoms with Gasteiger partial charge < -0.3 is 4.90 Å². The Labute approximate surface area is 115 Å². The summed E-state index contributed by atoms with van der Waals surface area (Å²) in [5.41, 5.74) is 1.40. The molecule has 20 heavy (non-hydrogen) atoms. The van der Waals surface area contributed by atoms with Crippen LogP contribution in [0.25, 0.3) is 0 Å². The van der Waals surface area contributed by atoms with Gasteiger partial charge in [-0.3, -0.25) is 4.79 Å². The molecule has 0 bridgehead atoms. The van der Waals surface area contributed by atoms with Crippen molar-refractivity contribution < 1.29 is 13.6 Å². The van der Waals surface area contributed by atoms with Crippen LogP contribution in [0.4, 0.5) is 14.5 Å². The van der Waals surface area contributed by atoms with Crippen molar-refractivity contribution in [2.45, 2.75) is 13.0 Å². The van der Waals surface area contributed by atoms with Gasteiger partial charge in [0, 0.05) is 36.3 Å². The molecule has 0 aliphatic carbocycles. The van der Waals surface area contributed by atoms with Gasteiger partial charge in [-0.15, -0.1) is 0 Å². The van der Waals surface area contributed by atoms with E-state index in [9.17, 15) is 13.6 Å². The molecule has 0 amide bonds. The molecule has 0 aromatic heterocycles. The van der Waals surface area contributed by atoms with E-state index in [1.54, 1.807) is 12.1 Å². The second kappa shape index (κ2) is 5.04. The topological polar surface area (TPSA) is 20.3 Å². The maximum Gasteiger partial charge on any atom is 0.166 e. The minimum atomic E-state index is -0.556. The number of carbonyl (C=O) groups is 1. The molecule has 1 heterocycles. The minimum absolute atomic E-state index is 0.0386. The highest BCUT2D eigenvalue weighted by Crippen LogP contribution is 2.29. The van der Waals surface area contributed by atoms with Gasteiger partial charge in [-0.05, 0) is 24.3 Å². The van der Waals surface area contributed by atoms with Crippen LogP contribution in [-0.4, -0.2) is 12.3 Å². The smallest absolute Gasteiger partial charge is 0.166 e. The number of carbonyl (C=O) groups excluding carboxylic acids is 1. The molecule has 4 heteroatoms. The van der Waals surface area contributed by atoms with Crippen LogP contribution in [0.1, 0.15) is 22.3 Å². The van der Waals surface area contributed by atoms with E-state index in [1.165, 1.54) is 18.2 Å². The third-order valence-corrected chi connectivity index (χ3v) is 3.56. The van der Waals surface area contributed by atoms with Gasteiger partial charge >= 0.3 is 0 Å². The molecule has 2 aromatic carbocycles. The van der Waals surface area contributed by atoms with E-state index in [2.05, 4.69) is 0 Å². The fourth-order valence-corrected chi connectivity index (χ4v) is 2.52. The average Bonchev–Trinajstić information content (AvgIpc) is 2.46. The maximum absolute atomic E-state index is 13.7. The van der Waals surface area contributed by atoms with Crippen molar-refractivity contribution in [1.29, 1.82) is 0 Å². The van der Waals surface area contributed by atoms with Crippen molar-refractivity contribution in [2.75, 3.05) is 11.4 Å². The summed E-state index contributed by atoms with van der Waals surface area (Å²) in [5, 5.41) is 0. The van der Waals surface area contributed by atoms with Crippen LogP contribution in [0, 0.1) is 11.6 Å². The van der Waals surface area contributed by atoms with E-state index in [-0.39, 0.29) is 17.9 Å². The molecule has 0 atom stereocenters. The van der Waals surface area contributed by atoms with Crippen LogP contribution >= 0.6 is 0 Å². The lowest BCUT2D eigenvalue weighted by Gasteiger charge is -2.30. The molecule has 1 aliphatic rings. The second-order valence-electron chi connectivity index (χ2n) is 4.81. The first-order chi connectivity index (χ1) is 9.66. The molecular weight excluding hydrogens is 260 g/mol. The summed E-state index contributed by atoms with van der Waals surface area (Å²) in [5.74, 6) is -1.04. The third-order valence-electron chi connectivity index (χ3n) is 3.56. The monoisotopic (exact) mass is 273 g/mol. The van der Waals surface area contributed by atoms with Crippen molar-refractivity contribution in [3.8, 4) is 0 Å². The van der Waals surface area contributed by atoms with Gasteiger partial charge in [0.15, 0.2) is 5.78 Å². The predicted molar refractivity (Wildman–Crippen MR) is 72.8 cm³/mol. The van der Waals surface area contributed by atoms with Crippen molar-refractivity contribution in [3.63, 3.8) is 0 Å². The SMILES string of the molecule is O=C1CCN(Cc2c(F)cccc2F)c2ccccc21. The standard InChI is InChI=1S/C16H13F2NO/c17-13-5-3-6-14(18)12(13)10-19-9-8-16(20)11-4-1-2-7-15(11)19/h1-7H,8-10H2. The van der Waals surface area contributed by atoms with E-state index in [4.69, 9.17) is 0 Å². The first-order valence-corrected chi connectivity index (χ1v) is 6.47. The number of fused-ring (bicyclic) bond motifs is 1. The maximum atomic E-state index is 13.7. The summed E-state index contributed by atoms with van der Waals surface area (Å²) in [6, 6.07) is 11.0. The molecule has 0 fully saturated rings. The van der Waals surface area contributed by atoms with Crippen molar-refractivity contribution in [3.05, 3.63) is 65.2 Å². The Bertz CT molecular complexity index is 649. The molecule has 0 spiro atoms. The zero-order chi connectivity index (χ0) is 14.1. The van der Waals surface area contributed by atoms with Crippen LogP contribution in [0.2, 0.25) is 0 Å². The molecule has 0 saturated carbocycles. The summed E-state index contributed by atoms with van der Waals surface area (Å²) in [6.07, 6.45) is 0.368. The van der Waals surface area contributed by atoms with Crippen LogP contribution in [-0.2, 0) is 6.54 Å². The fraction of sp³-hybridized carbons (Fsp3) is 0.188. The normalized spacial score (nSPS) is 14.3. The Morgan fingerprint density at radius 2 is 1.70 bits per heavy atom. The molecule has 0 unspecified atom stereocenters. The first-order valence-electron chi connectivity index (χ1n) is 6.47. The molecule has 0 N–H and O–H groups in total. The van der Waals surface area contributed by atoms with Gasteiger partial charge in [0.2, 0.25) is 0 Å². The largest absolute Gasteiger partial charge is 0.366 e. The summed E-state index contributed by atoms with van der Waals surface area (Å²) in [7, 11) is 0. The van der Waals surface area contributed by atoms with E-state index in [0.29, 0.717) is 18.5 Å². The molecule has 0 radical (unpaired) electrons.